The topological polar surface area (TPSA) is 34.2 Å². The van der Waals surface area contributed by atoms with Crippen LogP contribution in [-0.2, 0) is 14.3 Å². The summed E-state index contributed by atoms with van der Waals surface area (Å²) in [5.74, 6) is 0. The Kier molecular flexibility index (Phi) is 5.03. The molecule has 2 aliphatic rings. The molecule has 0 saturated carbocycles. The van der Waals surface area contributed by atoms with Crippen molar-refractivity contribution >= 4 is 0 Å². The fraction of sp³-hybridized carbons (Fsp3) is 0.625. The SMILES string of the molecule is c1ccc(C(COCC2CO2)ON2CCCCC2)cc1. The summed E-state index contributed by atoms with van der Waals surface area (Å²) >= 11 is 0. The molecule has 110 valence electrons. The van der Waals surface area contributed by atoms with Crippen molar-refractivity contribution in [1.82, 2.24) is 5.06 Å². The zero-order valence-electron chi connectivity index (χ0n) is 11.9. The lowest BCUT2D eigenvalue weighted by Gasteiger charge is -2.30. The molecule has 0 spiro atoms. The van der Waals surface area contributed by atoms with E-state index in [4.69, 9.17) is 14.3 Å². The normalized spacial score (nSPS) is 24.5. The largest absolute Gasteiger partial charge is 0.376 e. The van der Waals surface area contributed by atoms with Crippen molar-refractivity contribution in [1.29, 1.82) is 0 Å². The van der Waals surface area contributed by atoms with Crippen LogP contribution in [0.5, 0.6) is 0 Å². The maximum absolute atomic E-state index is 6.15. The first-order valence-corrected chi connectivity index (χ1v) is 7.58. The highest BCUT2D eigenvalue weighted by molar-refractivity contribution is 5.17. The Morgan fingerprint density at radius 3 is 2.60 bits per heavy atom. The van der Waals surface area contributed by atoms with E-state index in [1.54, 1.807) is 0 Å². The monoisotopic (exact) mass is 277 g/mol. The molecule has 2 heterocycles. The molecule has 1 aromatic carbocycles. The van der Waals surface area contributed by atoms with Crippen LogP contribution in [0, 0.1) is 0 Å². The number of epoxide rings is 1. The average molecular weight is 277 g/mol. The minimum Gasteiger partial charge on any atom is -0.376 e. The molecule has 0 aliphatic carbocycles. The number of piperidine rings is 1. The summed E-state index contributed by atoms with van der Waals surface area (Å²) in [6, 6.07) is 10.3. The van der Waals surface area contributed by atoms with E-state index in [-0.39, 0.29) is 6.10 Å². The number of hydrogen-bond donors (Lipinski definition) is 0. The third kappa shape index (κ3) is 4.28. The van der Waals surface area contributed by atoms with Crippen molar-refractivity contribution < 1.29 is 14.3 Å². The van der Waals surface area contributed by atoms with E-state index < -0.39 is 0 Å². The molecule has 2 saturated heterocycles. The van der Waals surface area contributed by atoms with Gasteiger partial charge in [-0.3, -0.25) is 4.84 Å². The summed E-state index contributed by atoms with van der Waals surface area (Å²) in [5, 5.41) is 2.10. The predicted octanol–water partition coefficient (Wildman–Crippen LogP) is 2.56. The minimum absolute atomic E-state index is 0.0203. The molecule has 2 unspecified atom stereocenters. The molecule has 0 N–H and O–H groups in total. The summed E-state index contributed by atoms with van der Waals surface area (Å²) in [7, 11) is 0. The van der Waals surface area contributed by atoms with Gasteiger partial charge in [-0.2, -0.15) is 5.06 Å². The van der Waals surface area contributed by atoms with Crippen LogP contribution in [-0.4, -0.2) is 44.1 Å². The molecule has 0 bridgehead atoms. The molecule has 0 amide bonds. The van der Waals surface area contributed by atoms with Gasteiger partial charge in [-0.15, -0.1) is 0 Å². The number of nitrogens with zero attached hydrogens (tertiary/aromatic N) is 1. The van der Waals surface area contributed by atoms with Gasteiger partial charge in [0, 0.05) is 13.1 Å². The maximum atomic E-state index is 6.15. The molecule has 1 aromatic rings. The van der Waals surface area contributed by atoms with Gasteiger partial charge < -0.3 is 9.47 Å². The lowest BCUT2D eigenvalue weighted by atomic mass is 10.1. The molecule has 4 nitrogen and oxygen atoms in total. The summed E-state index contributed by atoms with van der Waals surface area (Å²) in [6.07, 6.45) is 4.04. The van der Waals surface area contributed by atoms with E-state index in [1.807, 2.05) is 18.2 Å². The van der Waals surface area contributed by atoms with Crippen molar-refractivity contribution in [3.05, 3.63) is 35.9 Å². The maximum Gasteiger partial charge on any atom is 0.128 e. The van der Waals surface area contributed by atoms with Crippen molar-refractivity contribution in [2.45, 2.75) is 31.5 Å². The highest BCUT2D eigenvalue weighted by Crippen LogP contribution is 2.22. The lowest BCUT2D eigenvalue weighted by molar-refractivity contribution is -0.221. The van der Waals surface area contributed by atoms with Crippen LogP contribution in [0.15, 0.2) is 30.3 Å². The van der Waals surface area contributed by atoms with E-state index in [9.17, 15) is 0 Å². The molecule has 4 heteroatoms. The Morgan fingerprint density at radius 1 is 1.15 bits per heavy atom. The third-order valence-electron chi connectivity index (χ3n) is 3.74. The quantitative estimate of drug-likeness (QED) is 0.717. The van der Waals surface area contributed by atoms with Gasteiger partial charge in [0.1, 0.15) is 12.2 Å². The molecular weight excluding hydrogens is 254 g/mol. The zero-order chi connectivity index (χ0) is 13.6. The van der Waals surface area contributed by atoms with Crippen molar-refractivity contribution in [2.24, 2.45) is 0 Å². The van der Waals surface area contributed by atoms with Crippen molar-refractivity contribution in [3.8, 4) is 0 Å². The lowest BCUT2D eigenvalue weighted by Crippen LogP contribution is -2.33. The van der Waals surface area contributed by atoms with Crippen LogP contribution in [0.3, 0.4) is 0 Å². The Hall–Kier alpha value is -0.940. The molecule has 0 aromatic heterocycles. The standard InChI is InChI=1S/C16H23NO3/c1-3-7-14(8-4-1)16(13-18-11-15-12-19-15)20-17-9-5-2-6-10-17/h1,3-4,7-8,15-16H,2,5-6,9-13H2. The van der Waals surface area contributed by atoms with Gasteiger partial charge in [0.2, 0.25) is 0 Å². The molecule has 2 atom stereocenters. The van der Waals surface area contributed by atoms with Crippen LogP contribution in [0.2, 0.25) is 0 Å². The second-order valence-corrected chi connectivity index (χ2v) is 5.49. The van der Waals surface area contributed by atoms with E-state index in [0.29, 0.717) is 19.3 Å². The zero-order valence-corrected chi connectivity index (χ0v) is 11.9. The summed E-state index contributed by atoms with van der Waals surface area (Å²) < 4.78 is 10.9. The first-order chi connectivity index (χ1) is 9.92. The van der Waals surface area contributed by atoms with Crippen molar-refractivity contribution in [3.63, 3.8) is 0 Å². The van der Waals surface area contributed by atoms with E-state index in [1.165, 1.54) is 24.8 Å². The van der Waals surface area contributed by atoms with Crippen LogP contribution >= 0.6 is 0 Å². The molecular formula is C16H23NO3. The van der Waals surface area contributed by atoms with Crippen LogP contribution in [0.1, 0.15) is 30.9 Å². The van der Waals surface area contributed by atoms with E-state index >= 15 is 0 Å². The van der Waals surface area contributed by atoms with E-state index in [2.05, 4.69) is 17.2 Å². The second-order valence-electron chi connectivity index (χ2n) is 5.49. The van der Waals surface area contributed by atoms with Gasteiger partial charge >= 0.3 is 0 Å². The number of hydrogen-bond acceptors (Lipinski definition) is 4. The van der Waals surface area contributed by atoms with E-state index in [0.717, 1.165) is 19.7 Å². The van der Waals surface area contributed by atoms with Crippen LogP contribution in [0.25, 0.3) is 0 Å². The summed E-state index contributed by atoms with van der Waals surface area (Å²) in [6.45, 7) is 4.14. The molecule has 2 aliphatic heterocycles. The predicted molar refractivity (Wildman–Crippen MR) is 76.3 cm³/mol. The highest BCUT2D eigenvalue weighted by atomic mass is 16.7. The Morgan fingerprint density at radius 2 is 1.90 bits per heavy atom. The van der Waals surface area contributed by atoms with Gasteiger partial charge in [-0.1, -0.05) is 36.8 Å². The molecule has 0 radical (unpaired) electrons. The van der Waals surface area contributed by atoms with Crippen LogP contribution in [0.4, 0.5) is 0 Å². The number of rotatable bonds is 7. The highest BCUT2D eigenvalue weighted by Gasteiger charge is 2.24. The number of benzene rings is 1. The molecule has 3 rings (SSSR count). The molecule has 2 fully saturated rings. The molecule has 20 heavy (non-hydrogen) atoms. The Bertz CT molecular complexity index is 388. The third-order valence-corrected chi connectivity index (χ3v) is 3.74. The average Bonchev–Trinajstić information content (AvgIpc) is 3.32. The second kappa shape index (κ2) is 7.18. The first-order valence-electron chi connectivity index (χ1n) is 7.58. The van der Waals surface area contributed by atoms with Gasteiger partial charge in [0.05, 0.1) is 19.8 Å². The number of hydroxylamine groups is 2. The Labute approximate surface area is 120 Å². The smallest absolute Gasteiger partial charge is 0.128 e. The van der Waals surface area contributed by atoms with Crippen molar-refractivity contribution in [2.75, 3.05) is 32.9 Å². The van der Waals surface area contributed by atoms with Gasteiger partial charge in [0.25, 0.3) is 0 Å². The van der Waals surface area contributed by atoms with Crippen LogP contribution < -0.4 is 0 Å². The van der Waals surface area contributed by atoms with Gasteiger partial charge in [-0.25, -0.2) is 0 Å². The van der Waals surface area contributed by atoms with Gasteiger partial charge in [-0.05, 0) is 18.4 Å². The Balaban J connectivity index is 1.56. The first kappa shape index (κ1) is 14.0. The summed E-state index contributed by atoms with van der Waals surface area (Å²) in [4.78, 5) is 6.15. The number of ether oxygens (including phenoxy) is 2. The van der Waals surface area contributed by atoms with Gasteiger partial charge in [0.15, 0.2) is 0 Å². The minimum atomic E-state index is -0.0203. The fourth-order valence-electron chi connectivity index (χ4n) is 2.48. The fourth-order valence-corrected chi connectivity index (χ4v) is 2.48. The summed E-state index contributed by atoms with van der Waals surface area (Å²) in [5.41, 5.74) is 1.18.